The van der Waals surface area contributed by atoms with Gasteiger partial charge >= 0.3 is 0 Å². The molecule has 5 nitrogen and oxygen atoms in total. The Morgan fingerprint density at radius 3 is 2.52 bits per heavy atom. The summed E-state index contributed by atoms with van der Waals surface area (Å²) in [6.07, 6.45) is 4.89. The first-order chi connectivity index (χ1) is 10.2. The maximum atomic E-state index is 4.25. The molecule has 0 fully saturated rings. The average Bonchev–Trinajstić information content (AvgIpc) is 2.93. The van der Waals surface area contributed by atoms with Gasteiger partial charge < -0.3 is 10.6 Å². The fourth-order valence-electron chi connectivity index (χ4n) is 2.22. The van der Waals surface area contributed by atoms with E-state index in [1.165, 1.54) is 11.1 Å². The van der Waals surface area contributed by atoms with Gasteiger partial charge in [0.1, 0.15) is 0 Å². The van der Waals surface area contributed by atoms with Gasteiger partial charge in [-0.2, -0.15) is 5.10 Å². The first kappa shape index (κ1) is 15.1. The minimum atomic E-state index is 0.711. The van der Waals surface area contributed by atoms with Crippen molar-refractivity contribution in [1.29, 1.82) is 0 Å². The van der Waals surface area contributed by atoms with Gasteiger partial charge in [-0.05, 0) is 17.5 Å². The summed E-state index contributed by atoms with van der Waals surface area (Å²) in [6, 6.07) is 8.48. The zero-order chi connectivity index (χ0) is 15.1. The summed E-state index contributed by atoms with van der Waals surface area (Å²) in [4.78, 5) is 4.25. The molecule has 0 aliphatic carbocycles. The molecule has 0 unspecified atom stereocenters. The van der Waals surface area contributed by atoms with E-state index in [2.05, 4.69) is 51.9 Å². The second-order valence-corrected chi connectivity index (χ2v) is 4.92. The van der Waals surface area contributed by atoms with Crippen LogP contribution in [0.15, 0.2) is 41.7 Å². The predicted molar refractivity (Wildman–Crippen MR) is 86.1 cm³/mol. The largest absolute Gasteiger partial charge is 0.352 e. The van der Waals surface area contributed by atoms with Gasteiger partial charge in [-0.3, -0.25) is 9.67 Å². The summed E-state index contributed by atoms with van der Waals surface area (Å²) in [5.74, 6) is 0.796. The Hall–Kier alpha value is -2.30. The Bertz CT molecular complexity index is 600. The van der Waals surface area contributed by atoms with Crippen LogP contribution in [-0.4, -0.2) is 22.8 Å². The van der Waals surface area contributed by atoms with Gasteiger partial charge in [-0.15, -0.1) is 0 Å². The third kappa shape index (κ3) is 4.34. The Labute approximate surface area is 126 Å². The van der Waals surface area contributed by atoms with Crippen molar-refractivity contribution in [1.82, 2.24) is 20.4 Å². The molecule has 2 N–H and O–H groups in total. The van der Waals surface area contributed by atoms with E-state index in [4.69, 9.17) is 0 Å². The number of rotatable bonds is 5. The standard InChI is InChI=1S/C16H23N5/c1-4-14-7-5-6-8-15(14)11-19-16(17-2)18-9-13-10-20-21(3)12-13/h5-8,10,12H,4,9,11H2,1-3H3,(H2,17,18,19). The Morgan fingerprint density at radius 2 is 1.90 bits per heavy atom. The molecule has 0 aliphatic rings. The van der Waals surface area contributed by atoms with Crippen molar-refractivity contribution in [2.75, 3.05) is 7.05 Å². The van der Waals surface area contributed by atoms with E-state index in [1.54, 1.807) is 11.7 Å². The molecule has 0 saturated carbocycles. The predicted octanol–water partition coefficient (Wildman–Crippen LogP) is 1.85. The molecule has 2 rings (SSSR count). The normalized spacial score (nSPS) is 11.5. The molecule has 1 aromatic carbocycles. The van der Waals surface area contributed by atoms with Crippen LogP contribution in [0, 0.1) is 0 Å². The highest BCUT2D eigenvalue weighted by atomic mass is 15.2. The molecule has 0 bridgehead atoms. The quantitative estimate of drug-likeness (QED) is 0.651. The highest BCUT2D eigenvalue weighted by Crippen LogP contribution is 2.08. The Balaban J connectivity index is 1.88. The number of nitrogens with one attached hydrogen (secondary N) is 2. The highest BCUT2D eigenvalue weighted by Gasteiger charge is 2.03. The summed E-state index contributed by atoms with van der Waals surface area (Å²) in [5.41, 5.74) is 3.81. The summed E-state index contributed by atoms with van der Waals surface area (Å²) >= 11 is 0. The van der Waals surface area contributed by atoms with Crippen molar-refractivity contribution in [3.05, 3.63) is 53.3 Å². The van der Waals surface area contributed by atoms with Gasteiger partial charge in [0.15, 0.2) is 5.96 Å². The molecule has 0 radical (unpaired) electrons. The fraction of sp³-hybridized carbons (Fsp3) is 0.375. The molecule has 0 aliphatic heterocycles. The number of nitrogens with zero attached hydrogens (tertiary/aromatic N) is 3. The van der Waals surface area contributed by atoms with E-state index in [9.17, 15) is 0 Å². The zero-order valence-corrected chi connectivity index (χ0v) is 12.9. The number of aromatic nitrogens is 2. The lowest BCUT2D eigenvalue weighted by Crippen LogP contribution is -2.36. The topological polar surface area (TPSA) is 54.2 Å². The summed E-state index contributed by atoms with van der Waals surface area (Å²) < 4.78 is 1.80. The number of hydrogen-bond acceptors (Lipinski definition) is 2. The zero-order valence-electron chi connectivity index (χ0n) is 12.9. The van der Waals surface area contributed by atoms with E-state index in [1.807, 2.05) is 19.4 Å². The van der Waals surface area contributed by atoms with E-state index < -0.39 is 0 Å². The van der Waals surface area contributed by atoms with Crippen molar-refractivity contribution in [2.45, 2.75) is 26.4 Å². The summed E-state index contributed by atoms with van der Waals surface area (Å²) in [6.45, 7) is 3.66. The van der Waals surface area contributed by atoms with Crippen molar-refractivity contribution >= 4 is 5.96 Å². The van der Waals surface area contributed by atoms with E-state index in [0.717, 1.165) is 24.5 Å². The second kappa shape index (κ2) is 7.47. The molecule has 1 aromatic heterocycles. The molecule has 0 saturated heterocycles. The smallest absolute Gasteiger partial charge is 0.191 e. The van der Waals surface area contributed by atoms with Crippen LogP contribution in [0.4, 0.5) is 0 Å². The minimum Gasteiger partial charge on any atom is -0.352 e. The molecule has 0 spiro atoms. The van der Waals surface area contributed by atoms with E-state index >= 15 is 0 Å². The van der Waals surface area contributed by atoms with E-state index in [-0.39, 0.29) is 0 Å². The molecule has 1 heterocycles. The third-order valence-electron chi connectivity index (χ3n) is 3.39. The van der Waals surface area contributed by atoms with Crippen LogP contribution in [0.1, 0.15) is 23.6 Å². The van der Waals surface area contributed by atoms with Gasteiger partial charge in [0.05, 0.1) is 6.20 Å². The number of benzene rings is 1. The van der Waals surface area contributed by atoms with Crippen molar-refractivity contribution < 1.29 is 0 Å². The highest BCUT2D eigenvalue weighted by molar-refractivity contribution is 5.79. The number of guanidine groups is 1. The maximum absolute atomic E-state index is 4.25. The fourth-order valence-corrected chi connectivity index (χ4v) is 2.22. The Morgan fingerprint density at radius 1 is 1.19 bits per heavy atom. The summed E-state index contributed by atoms with van der Waals surface area (Å²) in [5, 5.41) is 10.8. The minimum absolute atomic E-state index is 0.711. The maximum Gasteiger partial charge on any atom is 0.191 e. The van der Waals surface area contributed by atoms with Crippen LogP contribution < -0.4 is 10.6 Å². The van der Waals surface area contributed by atoms with Crippen molar-refractivity contribution in [3.63, 3.8) is 0 Å². The van der Waals surface area contributed by atoms with Gasteiger partial charge in [-0.1, -0.05) is 31.2 Å². The lowest BCUT2D eigenvalue weighted by atomic mass is 10.1. The van der Waals surface area contributed by atoms with Crippen LogP contribution in [0.25, 0.3) is 0 Å². The van der Waals surface area contributed by atoms with Gasteiger partial charge in [-0.25, -0.2) is 0 Å². The molecule has 5 heteroatoms. The molecule has 2 aromatic rings. The molecular formula is C16H23N5. The van der Waals surface area contributed by atoms with Crippen LogP contribution in [0.2, 0.25) is 0 Å². The lowest BCUT2D eigenvalue weighted by Gasteiger charge is -2.13. The number of aryl methyl sites for hydroxylation is 2. The van der Waals surface area contributed by atoms with Gasteiger partial charge in [0.25, 0.3) is 0 Å². The first-order valence-corrected chi connectivity index (χ1v) is 7.21. The van der Waals surface area contributed by atoms with Crippen molar-refractivity contribution in [2.24, 2.45) is 12.0 Å². The lowest BCUT2D eigenvalue weighted by molar-refractivity contribution is 0.764. The van der Waals surface area contributed by atoms with Gasteiger partial charge in [0, 0.05) is 38.9 Å². The monoisotopic (exact) mass is 285 g/mol. The van der Waals surface area contributed by atoms with Gasteiger partial charge in [0.2, 0.25) is 0 Å². The average molecular weight is 285 g/mol. The number of aliphatic imine (C=N–C) groups is 1. The second-order valence-electron chi connectivity index (χ2n) is 4.92. The van der Waals surface area contributed by atoms with Crippen LogP contribution >= 0.6 is 0 Å². The Kier molecular flexibility index (Phi) is 5.37. The first-order valence-electron chi connectivity index (χ1n) is 7.21. The van der Waals surface area contributed by atoms with Crippen molar-refractivity contribution in [3.8, 4) is 0 Å². The van der Waals surface area contributed by atoms with Crippen LogP contribution in [-0.2, 0) is 26.6 Å². The molecule has 21 heavy (non-hydrogen) atoms. The molecule has 0 amide bonds. The summed E-state index contributed by atoms with van der Waals surface area (Å²) in [7, 11) is 3.70. The van der Waals surface area contributed by atoms with E-state index in [0.29, 0.717) is 6.54 Å². The molecule has 0 atom stereocenters. The number of hydrogen-bond donors (Lipinski definition) is 2. The van der Waals surface area contributed by atoms with Crippen LogP contribution in [0.3, 0.4) is 0 Å². The van der Waals surface area contributed by atoms with Crippen LogP contribution in [0.5, 0.6) is 0 Å². The molecule has 112 valence electrons. The third-order valence-corrected chi connectivity index (χ3v) is 3.39. The molecular weight excluding hydrogens is 262 g/mol. The SMILES string of the molecule is CCc1ccccc1CNC(=NC)NCc1cnn(C)c1.